The lowest BCUT2D eigenvalue weighted by molar-refractivity contribution is 0.297. The van der Waals surface area contributed by atoms with E-state index in [0.717, 1.165) is 30.2 Å². The van der Waals surface area contributed by atoms with Gasteiger partial charge in [-0.2, -0.15) is 0 Å². The number of ether oxygens (including phenoxy) is 1. The Morgan fingerprint density at radius 2 is 1.83 bits per heavy atom. The van der Waals surface area contributed by atoms with Crippen LogP contribution in [0.1, 0.15) is 30.4 Å². The molecule has 0 aliphatic carbocycles. The average Bonchev–Trinajstić information content (AvgIpc) is 2.47. The molecular formula is C16H23N3O3S. The summed E-state index contributed by atoms with van der Waals surface area (Å²) in [7, 11) is -3.09. The van der Waals surface area contributed by atoms with Crippen LogP contribution in [0.15, 0.2) is 18.5 Å². The number of hydrogen-bond acceptors (Lipinski definition) is 5. The molecule has 0 unspecified atom stereocenters. The standard InChI is InChI=1S/C16H23N3O3S/c1-12-9-14-15(10-13(12)2)17-11-18-16(14)22-8-6-4-5-7-19-23(3,20)21/h9-11,19H,4-8H2,1-3H3. The molecule has 0 spiro atoms. The summed E-state index contributed by atoms with van der Waals surface area (Å²) in [4.78, 5) is 8.50. The van der Waals surface area contributed by atoms with Crippen LogP contribution in [0.4, 0.5) is 0 Å². The third-order valence-electron chi connectivity index (χ3n) is 3.64. The van der Waals surface area contributed by atoms with Crippen molar-refractivity contribution in [2.24, 2.45) is 0 Å². The average molecular weight is 337 g/mol. The summed E-state index contributed by atoms with van der Waals surface area (Å²) in [5.74, 6) is 0.604. The Hall–Kier alpha value is -1.73. The first-order valence-corrected chi connectivity index (χ1v) is 9.55. The van der Waals surface area contributed by atoms with Crippen LogP contribution in [0.25, 0.3) is 10.9 Å². The lowest BCUT2D eigenvalue weighted by Gasteiger charge is -2.09. The van der Waals surface area contributed by atoms with Gasteiger partial charge in [-0.1, -0.05) is 0 Å². The van der Waals surface area contributed by atoms with Crippen molar-refractivity contribution in [3.05, 3.63) is 29.6 Å². The summed E-state index contributed by atoms with van der Waals surface area (Å²) in [5.41, 5.74) is 3.26. The predicted octanol–water partition coefficient (Wildman–Crippen LogP) is 2.34. The molecule has 126 valence electrons. The number of rotatable bonds is 8. The number of nitrogens with zero attached hydrogens (tertiary/aromatic N) is 2. The minimum atomic E-state index is -3.09. The van der Waals surface area contributed by atoms with Gasteiger partial charge in [-0.05, 0) is 56.4 Å². The van der Waals surface area contributed by atoms with Crippen LogP contribution >= 0.6 is 0 Å². The molecule has 2 rings (SSSR count). The molecule has 0 fully saturated rings. The molecule has 0 saturated carbocycles. The first-order chi connectivity index (χ1) is 10.9. The second-order valence-electron chi connectivity index (χ2n) is 5.71. The number of nitrogens with one attached hydrogen (secondary N) is 1. The van der Waals surface area contributed by atoms with Gasteiger partial charge in [-0.25, -0.2) is 23.1 Å². The Bertz CT molecular complexity index is 775. The van der Waals surface area contributed by atoms with Gasteiger partial charge in [0.1, 0.15) is 6.33 Å². The maximum absolute atomic E-state index is 10.9. The van der Waals surface area contributed by atoms with E-state index in [0.29, 0.717) is 19.0 Å². The van der Waals surface area contributed by atoms with Crippen molar-refractivity contribution in [2.75, 3.05) is 19.4 Å². The van der Waals surface area contributed by atoms with Gasteiger partial charge < -0.3 is 4.74 Å². The second kappa shape index (κ2) is 7.70. The molecule has 1 N–H and O–H groups in total. The minimum absolute atomic E-state index is 0.466. The summed E-state index contributed by atoms with van der Waals surface area (Å²) in [5, 5.41) is 0.925. The monoisotopic (exact) mass is 337 g/mol. The molecule has 6 nitrogen and oxygen atoms in total. The molecule has 2 aromatic rings. The fraction of sp³-hybridized carbons (Fsp3) is 0.500. The second-order valence-corrected chi connectivity index (χ2v) is 7.54. The Balaban J connectivity index is 1.84. The zero-order chi connectivity index (χ0) is 16.9. The predicted molar refractivity (Wildman–Crippen MR) is 91.2 cm³/mol. The Morgan fingerprint density at radius 3 is 2.57 bits per heavy atom. The minimum Gasteiger partial charge on any atom is -0.477 e. The van der Waals surface area contributed by atoms with Crippen molar-refractivity contribution in [3.8, 4) is 5.88 Å². The van der Waals surface area contributed by atoms with Crippen molar-refractivity contribution < 1.29 is 13.2 Å². The number of aromatic nitrogens is 2. The van der Waals surface area contributed by atoms with Gasteiger partial charge in [0.15, 0.2) is 0 Å². The highest BCUT2D eigenvalue weighted by atomic mass is 32.2. The highest BCUT2D eigenvalue weighted by Crippen LogP contribution is 2.24. The molecule has 0 aliphatic heterocycles. The Morgan fingerprint density at radius 1 is 1.09 bits per heavy atom. The quantitative estimate of drug-likeness (QED) is 0.748. The maximum Gasteiger partial charge on any atom is 0.224 e. The number of sulfonamides is 1. The molecule has 1 heterocycles. The van der Waals surface area contributed by atoms with E-state index in [2.05, 4.69) is 34.6 Å². The smallest absolute Gasteiger partial charge is 0.224 e. The lowest BCUT2D eigenvalue weighted by Crippen LogP contribution is -2.22. The van der Waals surface area contributed by atoms with E-state index in [1.807, 2.05) is 6.07 Å². The van der Waals surface area contributed by atoms with Crippen LogP contribution < -0.4 is 9.46 Å². The van der Waals surface area contributed by atoms with E-state index in [-0.39, 0.29) is 0 Å². The van der Waals surface area contributed by atoms with E-state index in [4.69, 9.17) is 4.74 Å². The van der Waals surface area contributed by atoms with Crippen molar-refractivity contribution >= 4 is 20.9 Å². The first-order valence-electron chi connectivity index (χ1n) is 7.66. The van der Waals surface area contributed by atoms with E-state index >= 15 is 0 Å². The highest BCUT2D eigenvalue weighted by molar-refractivity contribution is 7.88. The highest BCUT2D eigenvalue weighted by Gasteiger charge is 2.07. The van der Waals surface area contributed by atoms with E-state index in [9.17, 15) is 8.42 Å². The molecule has 0 atom stereocenters. The molecule has 0 bridgehead atoms. The fourth-order valence-corrected chi connectivity index (χ4v) is 2.75. The normalized spacial score (nSPS) is 11.8. The number of fused-ring (bicyclic) bond motifs is 1. The van der Waals surface area contributed by atoms with Gasteiger partial charge in [0, 0.05) is 6.54 Å². The maximum atomic E-state index is 10.9. The lowest BCUT2D eigenvalue weighted by atomic mass is 10.1. The van der Waals surface area contributed by atoms with Crippen LogP contribution in [0.3, 0.4) is 0 Å². The Labute approximate surface area is 137 Å². The van der Waals surface area contributed by atoms with Crippen LogP contribution in [0, 0.1) is 13.8 Å². The molecule has 7 heteroatoms. The molecule has 1 aromatic heterocycles. The Kier molecular flexibility index (Phi) is 5.90. The fourth-order valence-electron chi connectivity index (χ4n) is 2.24. The number of hydrogen-bond donors (Lipinski definition) is 1. The molecule has 1 aromatic carbocycles. The molecular weight excluding hydrogens is 314 g/mol. The SMILES string of the molecule is Cc1cc2ncnc(OCCCCCNS(C)(=O)=O)c2cc1C. The zero-order valence-corrected chi connectivity index (χ0v) is 14.6. The molecule has 0 saturated heterocycles. The molecule has 0 amide bonds. The largest absolute Gasteiger partial charge is 0.477 e. The van der Waals surface area contributed by atoms with Crippen LogP contribution in [0.5, 0.6) is 5.88 Å². The molecule has 0 radical (unpaired) electrons. The summed E-state index contributed by atoms with van der Waals surface area (Å²) in [6.45, 7) is 5.13. The van der Waals surface area contributed by atoms with Crippen LogP contribution in [-0.4, -0.2) is 37.8 Å². The van der Waals surface area contributed by atoms with E-state index in [1.54, 1.807) is 0 Å². The third kappa shape index (κ3) is 5.44. The van der Waals surface area contributed by atoms with Gasteiger partial charge in [-0.15, -0.1) is 0 Å². The van der Waals surface area contributed by atoms with Crippen molar-refractivity contribution in [1.82, 2.24) is 14.7 Å². The van der Waals surface area contributed by atoms with Crippen LogP contribution in [0.2, 0.25) is 0 Å². The van der Waals surface area contributed by atoms with Gasteiger partial charge in [0.05, 0.1) is 23.8 Å². The van der Waals surface area contributed by atoms with Gasteiger partial charge >= 0.3 is 0 Å². The molecule has 23 heavy (non-hydrogen) atoms. The van der Waals surface area contributed by atoms with Gasteiger partial charge in [-0.3, -0.25) is 0 Å². The summed E-state index contributed by atoms with van der Waals surface area (Å²) in [6, 6.07) is 4.09. The summed E-state index contributed by atoms with van der Waals surface area (Å²) >= 11 is 0. The first kappa shape index (κ1) is 17.6. The third-order valence-corrected chi connectivity index (χ3v) is 4.37. The zero-order valence-electron chi connectivity index (χ0n) is 13.8. The van der Waals surface area contributed by atoms with E-state index < -0.39 is 10.0 Å². The number of unbranched alkanes of at least 4 members (excludes halogenated alkanes) is 2. The number of benzene rings is 1. The van der Waals surface area contributed by atoms with Gasteiger partial charge in [0.2, 0.25) is 15.9 Å². The van der Waals surface area contributed by atoms with E-state index in [1.165, 1.54) is 23.7 Å². The topological polar surface area (TPSA) is 81.2 Å². The number of aryl methyl sites for hydroxylation is 2. The molecule has 0 aliphatic rings. The van der Waals surface area contributed by atoms with Crippen molar-refractivity contribution in [1.29, 1.82) is 0 Å². The van der Waals surface area contributed by atoms with Crippen LogP contribution in [-0.2, 0) is 10.0 Å². The van der Waals surface area contributed by atoms with Crippen molar-refractivity contribution in [2.45, 2.75) is 33.1 Å². The van der Waals surface area contributed by atoms with Gasteiger partial charge in [0.25, 0.3) is 0 Å². The summed E-state index contributed by atoms with van der Waals surface area (Å²) < 4.78 is 30.1. The summed E-state index contributed by atoms with van der Waals surface area (Å²) in [6.07, 6.45) is 5.22. The van der Waals surface area contributed by atoms with Crippen molar-refractivity contribution in [3.63, 3.8) is 0 Å².